The Balaban J connectivity index is 2.40. The van der Waals surface area contributed by atoms with Crippen molar-refractivity contribution in [3.63, 3.8) is 0 Å². The summed E-state index contributed by atoms with van der Waals surface area (Å²) in [5, 5.41) is 4.59. The number of nitrogens with two attached hydrogens (primary N) is 1. The highest BCUT2D eigenvalue weighted by Gasteiger charge is 2.36. The second-order valence-electron chi connectivity index (χ2n) is 3.89. The van der Waals surface area contributed by atoms with Crippen LogP contribution >= 0.6 is 0 Å². The Morgan fingerprint density at radius 2 is 1.71 bits per heavy atom. The molecule has 0 unspecified atom stereocenters. The molecule has 1 saturated carbocycles. The maximum absolute atomic E-state index is 11.7. The lowest BCUT2D eigenvalue weighted by Crippen LogP contribution is -2.21. The van der Waals surface area contributed by atoms with Crippen molar-refractivity contribution in [3.05, 3.63) is 24.3 Å². The summed E-state index contributed by atoms with van der Waals surface area (Å²) in [5.74, 6) is 0. The molecule has 1 aromatic carbocycles. The first kappa shape index (κ1) is 12.3. The first-order valence-corrected chi connectivity index (χ1v) is 8.03. The van der Waals surface area contributed by atoms with Crippen LogP contribution in [0.15, 0.2) is 29.2 Å². The van der Waals surface area contributed by atoms with Crippen LogP contribution in [0.2, 0.25) is 0 Å². The normalized spacial score (nSPS) is 16.8. The van der Waals surface area contributed by atoms with E-state index in [9.17, 15) is 16.8 Å². The van der Waals surface area contributed by atoms with Crippen LogP contribution in [0, 0.1) is 0 Å². The molecule has 1 fully saturated rings. The number of sulfonamides is 2. The van der Waals surface area contributed by atoms with Crippen molar-refractivity contribution in [2.45, 2.75) is 23.0 Å². The van der Waals surface area contributed by atoms with Gasteiger partial charge in [-0.3, -0.25) is 4.72 Å². The quantitative estimate of drug-likeness (QED) is 0.821. The monoisotopic (exact) mass is 276 g/mol. The average molecular weight is 276 g/mol. The van der Waals surface area contributed by atoms with Gasteiger partial charge in [-0.25, -0.2) is 22.0 Å². The van der Waals surface area contributed by atoms with Crippen LogP contribution in [-0.4, -0.2) is 22.1 Å². The summed E-state index contributed by atoms with van der Waals surface area (Å²) >= 11 is 0. The topological polar surface area (TPSA) is 106 Å². The van der Waals surface area contributed by atoms with Crippen molar-refractivity contribution in [2.24, 2.45) is 5.14 Å². The van der Waals surface area contributed by atoms with Gasteiger partial charge in [-0.2, -0.15) is 0 Å². The fraction of sp³-hybridized carbons (Fsp3) is 0.333. The van der Waals surface area contributed by atoms with E-state index in [0.29, 0.717) is 12.8 Å². The highest BCUT2D eigenvalue weighted by molar-refractivity contribution is 7.93. The highest BCUT2D eigenvalue weighted by Crippen LogP contribution is 2.31. The third-order valence-corrected chi connectivity index (χ3v) is 5.23. The number of hydrogen-bond acceptors (Lipinski definition) is 4. The molecule has 3 N–H and O–H groups in total. The minimum Gasteiger partial charge on any atom is -0.282 e. The molecule has 0 amide bonds. The molecule has 1 aliphatic rings. The molecule has 0 heterocycles. The van der Waals surface area contributed by atoms with Crippen LogP contribution < -0.4 is 9.86 Å². The first-order chi connectivity index (χ1) is 7.81. The summed E-state index contributed by atoms with van der Waals surface area (Å²) in [5.41, 5.74) is 0.00176. The fourth-order valence-corrected chi connectivity index (χ4v) is 3.58. The van der Waals surface area contributed by atoms with Gasteiger partial charge in [0.1, 0.15) is 4.90 Å². The highest BCUT2D eigenvalue weighted by atomic mass is 32.2. The second-order valence-corrected chi connectivity index (χ2v) is 7.38. The SMILES string of the molecule is NS(=O)(=O)c1ccccc1NS(=O)(=O)C1CC1. The van der Waals surface area contributed by atoms with Gasteiger partial charge < -0.3 is 0 Å². The zero-order valence-electron chi connectivity index (χ0n) is 8.83. The number of benzene rings is 1. The van der Waals surface area contributed by atoms with Gasteiger partial charge in [-0.15, -0.1) is 0 Å². The van der Waals surface area contributed by atoms with E-state index < -0.39 is 25.3 Å². The molecular formula is C9H12N2O4S2. The molecule has 0 aromatic heterocycles. The molecule has 94 valence electrons. The number of rotatable bonds is 4. The third-order valence-electron chi connectivity index (χ3n) is 2.41. The van der Waals surface area contributed by atoms with E-state index >= 15 is 0 Å². The van der Waals surface area contributed by atoms with Gasteiger partial charge in [0.25, 0.3) is 0 Å². The van der Waals surface area contributed by atoms with Crippen molar-refractivity contribution < 1.29 is 16.8 Å². The number of para-hydroxylation sites is 1. The largest absolute Gasteiger partial charge is 0.282 e. The lowest BCUT2D eigenvalue weighted by molar-refractivity contribution is 0.598. The molecule has 0 atom stereocenters. The Kier molecular flexibility index (Phi) is 2.88. The Hall–Kier alpha value is -1.12. The van der Waals surface area contributed by atoms with Gasteiger partial charge in [0.2, 0.25) is 20.0 Å². The van der Waals surface area contributed by atoms with Crippen molar-refractivity contribution in [1.82, 2.24) is 0 Å². The summed E-state index contributed by atoms with van der Waals surface area (Å²) in [6.45, 7) is 0. The molecule has 1 aliphatic carbocycles. The van der Waals surface area contributed by atoms with Gasteiger partial charge >= 0.3 is 0 Å². The van der Waals surface area contributed by atoms with E-state index in [1.807, 2.05) is 0 Å². The summed E-state index contributed by atoms with van der Waals surface area (Å²) in [6.07, 6.45) is 1.21. The van der Waals surface area contributed by atoms with Crippen LogP contribution in [0.5, 0.6) is 0 Å². The molecule has 17 heavy (non-hydrogen) atoms. The average Bonchev–Trinajstić information content (AvgIpc) is 2.99. The van der Waals surface area contributed by atoms with Crippen molar-refractivity contribution in [3.8, 4) is 0 Å². The molecule has 2 rings (SSSR count). The fourth-order valence-electron chi connectivity index (χ4n) is 1.41. The second kappa shape index (κ2) is 3.97. The zero-order valence-corrected chi connectivity index (χ0v) is 10.5. The van der Waals surface area contributed by atoms with Gasteiger partial charge in [0.15, 0.2) is 0 Å². The molecule has 6 nitrogen and oxygen atoms in total. The smallest absolute Gasteiger partial charge is 0.240 e. The summed E-state index contributed by atoms with van der Waals surface area (Å²) in [7, 11) is -7.43. The van der Waals surface area contributed by atoms with E-state index in [2.05, 4.69) is 4.72 Å². The Morgan fingerprint density at radius 1 is 1.12 bits per heavy atom. The van der Waals surface area contributed by atoms with E-state index in [4.69, 9.17) is 5.14 Å². The third kappa shape index (κ3) is 2.76. The number of primary sulfonamides is 1. The Morgan fingerprint density at radius 3 is 2.24 bits per heavy atom. The van der Waals surface area contributed by atoms with E-state index in [1.54, 1.807) is 6.07 Å². The predicted molar refractivity (Wildman–Crippen MR) is 63.4 cm³/mol. The first-order valence-electron chi connectivity index (χ1n) is 4.94. The summed E-state index contributed by atoms with van der Waals surface area (Å²) in [4.78, 5) is -0.218. The molecule has 0 spiro atoms. The van der Waals surface area contributed by atoms with Gasteiger partial charge in [-0.1, -0.05) is 12.1 Å². The van der Waals surface area contributed by atoms with Crippen molar-refractivity contribution in [2.75, 3.05) is 4.72 Å². The van der Waals surface area contributed by atoms with Crippen LogP contribution in [0.1, 0.15) is 12.8 Å². The van der Waals surface area contributed by atoms with Gasteiger partial charge in [0, 0.05) is 0 Å². The standard InChI is InChI=1S/C9H12N2O4S2/c10-16(12,13)9-4-2-1-3-8(9)11-17(14,15)7-5-6-7/h1-4,7,11H,5-6H2,(H2,10,12,13). The minimum absolute atomic E-state index is 0.00176. The summed E-state index contributed by atoms with van der Waals surface area (Å²) in [6, 6.07) is 5.66. The zero-order chi connectivity index (χ0) is 12.7. The van der Waals surface area contributed by atoms with Crippen LogP contribution in [-0.2, 0) is 20.0 Å². The van der Waals surface area contributed by atoms with Crippen molar-refractivity contribution in [1.29, 1.82) is 0 Å². The van der Waals surface area contributed by atoms with Crippen LogP contribution in [0.3, 0.4) is 0 Å². The molecule has 1 aromatic rings. The van der Waals surface area contributed by atoms with Gasteiger partial charge in [0.05, 0.1) is 10.9 Å². The maximum atomic E-state index is 11.7. The molecule has 0 radical (unpaired) electrons. The Labute approximate surface area is 99.9 Å². The van der Waals surface area contributed by atoms with Crippen LogP contribution in [0.25, 0.3) is 0 Å². The Bertz CT molecular complexity index is 633. The molecule has 0 saturated heterocycles. The lowest BCUT2D eigenvalue weighted by atomic mass is 10.3. The molecule has 8 heteroatoms. The molecule has 0 aliphatic heterocycles. The van der Waals surface area contributed by atoms with E-state index in [0.717, 1.165) is 0 Å². The molecular weight excluding hydrogens is 264 g/mol. The molecule has 0 bridgehead atoms. The predicted octanol–water partition coefficient (Wildman–Crippen LogP) is 0.238. The van der Waals surface area contributed by atoms with Crippen LogP contribution in [0.4, 0.5) is 5.69 Å². The number of nitrogens with one attached hydrogen (secondary N) is 1. The van der Waals surface area contributed by atoms with Gasteiger partial charge in [-0.05, 0) is 25.0 Å². The van der Waals surface area contributed by atoms with Crippen molar-refractivity contribution >= 4 is 25.7 Å². The maximum Gasteiger partial charge on any atom is 0.240 e. The number of hydrogen-bond donors (Lipinski definition) is 2. The van der Waals surface area contributed by atoms with E-state index in [-0.39, 0.29) is 10.6 Å². The number of anilines is 1. The minimum atomic E-state index is -3.94. The van der Waals surface area contributed by atoms with E-state index in [1.165, 1.54) is 18.2 Å². The lowest BCUT2D eigenvalue weighted by Gasteiger charge is -2.10. The summed E-state index contributed by atoms with van der Waals surface area (Å²) < 4.78 is 48.2.